The number of benzene rings is 2. The lowest BCUT2D eigenvalue weighted by atomic mass is 9.92. The summed E-state index contributed by atoms with van der Waals surface area (Å²) in [6, 6.07) is 12.9. The van der Waals surface area contributed by atoms with Crippen molar-refractivity contribution in [1.82, 2.24) is 0 Å². The van der Waals surface area contributed by atoms with E-state index in [0.29, 0.717) is 18.7 Å². The molecule has 0 saturated heterocycles. The lowest BCUT2D eigenvalue weighted by molar-refractivity contribution is -0.423. The molecular formula is C19H21N3O5. The van der Waals surface area contributed by atoms with Crippen molar-refractivity contribution in [2.24, 2.45) is 0 Å². The maximum absolute atomic E-state index is 13.3. The SMILES string of the molecule is CCCN(C(=O)C(CC)c1cccc([N+](=O)[O-])c1[N+](=O)[O-])c1ccccc1. The fourth-order valence-corrected chi connectivity index (χ4v) is 3.09. The van der Waals surface area contributed by atoms with Gasteiger partial charge in [0.15, 0.2) is 0 Å². The summed E-state index contributed by atoms with van der Waals surface area (Å²) in [4.78, 5) is 36.0. The highest BCUT2D eigenvalue weighted by atomic mass is 16.6. The summed E-state index contributed by atoms with van der Waals surface area (Å²) in [7, 11) is 0. The van der Waals surface area contributed by atoms with Crippen LogP contribution in [-0.4, -0.2) is 22.3 Å². The van der Waals surface area contributed by atoms with Crippen molar-refractivity contribution in [3.8, 4) is 0 Å². The van der Waals surface area contributed by atoms with E-state index >= 15 is 0 Å². The van der Waals surface area contributed by atoms with E-state index in [2.05, 4.69) is 0 Å². The zero-order chi connectivity index (χ0) is 20.0. The van der Waals surface area contributed by atoms with Gasteiger partial charge in [-0.25, -0.2) is 0 Å². The van der Waals surface area contributed by atoms with Gasteiger partial charge in [-0.2, -0.15) is 0 Å². The molecule has 0 aliphatic carbocycles. The highest BCUT2D eigenvalue weighted by Crippen LogP contribution is 2.37. The van der Waals surface area contributed by atoms with Crippen molar-refractivity contribution in [1.29, 1.82) is 0 Å². The molecule has 0 spiro atoms. The average molecular weight is 371 g/mol. The summed E-state index contributed by atoms with van der Waals surface area (Å²) in [6.45, 7) is 4.11. The largest absolute Gasteiger partial charge is 0.349 e. The Kier molecular flexibility index (Phi) is 6.59. The molecule has 0 aromatic heterocycles. The van der Waals surface area contributed by atoms with Gasteiger partial charge in [0.1, 0.15) is 0 Å². The van der Waals surface area contributed by atoms with E-state index in [1.807, 2.05) is 25.1 Å². The predicted octanol–water partition coefficient (Wildman–Crippen LogP) is 4.44. The van der Waals surface area contributed by atoms with Gasteiger partial charge < -0.3 is 4.90 Å². The second-order valence-corrected chi connectivity index (χ2v) is 6.02. The number of nitro groups is 2. The van der Waals surface area contributed by atoms with Crippen LogP contribution in [0.25, 0.3) is 0 Å². The first kappa shape index (κ1) is 20.0. The summed E-state index contributed by atoms with van der Waals surface area (Å²) in [6.07, 6.45) is 0.988. The van der Waals surface area contributed by atoms with Crippen LogP contribution in [0.3, 0.4) is 0 Å². The van der Waals surface area contributed by atoms with E-state index in [-0.39, 0.29) is 17.9 Å². The maximum atomic E-state index is 13.3. The Balaban J connectivity index is 2.55. The molecule has 0 aliphatic rings. The van der Waals surface area contributed by atoms with Gasteiger partial charge in [-0.3, -0.25) is 25.0 Å². The molecule has 0 heterocycles. The molecule has 0 fully saturated rings. The lowest BCUT2D eigenvalue weighted by Crippen LogP contribution is -2.36. The van der Waals surface area contributed by atoms with Crippen LogP contribution in [-0.2, 0) is 4.79 Å². The molecule has 8 nitrogen and oxygen atoms in total. The van der Waals surface area contributed by atoms with E-state index in [0.717, 1.165) is 6.07 Å². The summed E-state index contributed by atoms with van der Waals surface area (Å²) in [5.74, 6) is -1.16. The standard InChI is InChI=1S/C19H21N3O5/c1-3-13-20(14-9-6-5-7-10-14)19(23)15(4-2)16-11-8-12-17(21(24)25)18(16)22(26)27/h5-12,15H,3-4,13H2,1-2H3. The first-order chi connectivity index (χ1) is 12.9. The van der Waals surface area contributed by atoms with Crippen LogP contribution >= 0.6 is 0 Å². The van der Waals surface area contributed by atoms with Gasteiger partial charge in [0, 0.05) is 23.9 Å². The van der Waals surface area contributed by atoms with Gasteiger partial charge in [-0.1, -0.05) is 44.2 Å². The Morgan fingerprint density at radius 1 is 1.00 bits per heavy atom. The van der Waals surface area contributed by atoms with Crippen molar-refractivity contribution in [2.75, 3.05) is 11.4 Å². The van der Waals surface area contributed by atoms with Crippen molar-refractivity contribution < 1.29 is 14.6 Å². The normalized spacial score (nSPS) is 11.6. The molecule has 0 N–H and O–H groups in total. The summed E-state index contributed by atoms with van der Waals surface area (Å²) >= 11 is 0. The van der Waals surface area contributed by atoms with Crippen molar-refractivity contribution in [3.63, 3.8) is 0 Å². The lowest BCUT2D eigenvalue weighted by Gasteiger charge is -2.27. The Hall–Kier alpha value is -3.29. The highest BCUT2D eigenvalue weighted by molar-refractivity contribution is 5.99. The summed E-state index contributed by atoms with van der Waals surface area (Å²) < 4.78 is 0. The number of nitrogens with zero attached hydrogens (tertiary/aromatic N) is 3. The number of amides is 1. The van der Waals surface area contributed by atoms with Gasteiger partial charge in [0.05, 0.1) is 15.8 Å². The van der Waals surface area contributed by atoms with Gasteiger partial charge >= 0.3 is 11.4 Å². The van der Waals surface area contributed by atoms with Crippen molar-refractivity contribution >= 4 is 23.0 Å². The monoisotopic (exact) mass is 371 g/mol. The minimum absolute atomic E-state index is 0.0683. The number of nitro benzene ring substituents is 2. The zero-order valence-electron chi connectivity index (χ0n) is 15.2. The number of anilines is 1. The molecule has 2 aromatic carbocycles. The van der Waals surface area contributed by atoms with Crippen LogP contribution in [0.1, 0.15) is 38.2 Å². The molecule has 2 aromatic rings. The Labute approximate surface area is 156 Å². The molecular weight excluding hydrogens is 350 g/mol. The van der Waals surface area contributed by atoms with Gasteiger partial charge in [-0.05, 0) is 25.0 Å². The van der Waals surface area contributed by atoms with Gasteiger partial charge in [-0.15, -0.1) is 0 Å². The molecule has 8 heteroatoms. The Morgan fingerprint density at radius 2 is 1.67 bits per heavy atom. The number of hydrogen-bond acceptors (Lipinski definition) is 5. The van der Waals surface area contributed by atoms with Crippen LogP contribution in [0.5, 0.6) is 0 Å². The Bertz CT molecular complexity index is 838. The molecule has 142 valence electrons. The van der Waals surface area contributed by atoms with E-state index in [9.17, 15) is 25.0 Å². The van der Waals surface area contributed by atoms with Crippen LogP contribution in [0.2, 0.25) is 0 Å². The third-order valence-corrected chi connectivity index (χ3v) is 4.29. The predicted molar refractivity (Wildman–Crippen MR) is 102 cm³/mol. The molecule has 0 radical (unpaired) electrons. The minimum Gasteiger partial charge on any atom is -0.312 e. The van der Waals surface area contributed by atoms with E-state index < -0.39 is 27.1 Å². The summed E-state index contributed by atoms with van der Waals surface area (Å²) in [5.41, 5.74) is -0.465. The maximum Gasteiger partial charge on any atom is 0.349 e. The number of rotatable bonds is 8. The second kappa shape index (κ2) is 8.88. The molecule has 2 rings (SSSR count). The van der Waals surface area contributed by atoms with Crippen LogP contribution in [0.4, 0.5) is 17.1 Å². The quantitative estimate of drug-likeness (QED) is 0.503. The van der Waals surface area contributed by atoms with Crippen molar-refractivity contribution in [3.05, 3.63) is 74.3 Å². The zero-order valence-corrected chi connectivity index (χ0v) is 15.2. The summed E-state index contributed by atoms with van der Waals surface area (Å²) in [5, 5.41) is 22.8. The third kappa shape index (κ3) is 4.28. The molecule has 27 heavy (non-hydrogen) atoms. The topological polar surface area (TPSA) is 107 Å². The molecule has 0 aliphatic heterocycles. The van der Waals surface area contributed by atoms with Crippen molar-refractivity contribution in [2.45, 2.75) is 32.6 Å². The first-order valence-electron chi connectivity index (χ1n) is 8.70. The van der Waals surface area contributed by atoms with Gasteiger partial charge in [0.25, 0.3) is 0 Å². The molecule has 0 saturated carbocycles. The van der Waals surface area contributed by atoms with E-state index in [4.69, 9.17) is 0 Å². The van der Waals surface area contributed by atoms with Crippen LogP contribution < -0.4 is 4.90 Å². The molecule has 1 atom stereocenters. The Morgan fingerprint density at radius 3 is 2.19 bits per heavy atom. The van der Waals surface area contributed by atoms with Crippen LogP contribution in [0, 0.1) is 20.2 Å². The number of hydrogen-bond donors (Lipinski definition) is 0. The fraction of sp³-hybridized carbons (Fsp3) is 0.316. The van der Waals surface area contributed by atoms with E-state index in [1.165, 1.54) is 12.1 Å². The van der Waals surface area contributed by atoms with E-state index in [1.54, 1.807) is 24.0 Å². The smallest absolute Gasteiger partial charge is 0.312 e. The third-order valence-electron chi connectivity index (χ3n) is 4.29. The van der Waals surface area contributed by atoms with Crippen LogP contribution in [0.15, 0.2) is 48.5 Å². The fourth-order valence-electron chi connectivity index (χ4n) is 3.09. The first-order valence-corrected chi connectivity index (χ1v) is 8.70. The number of para-hydroxylation sites is 2. The average Bonchev–Trinajstić information content (AvgIpc) is 2.66. The highest BCUT2D eigenvalue weighted by Gasteiger charge is 2.35. The van der Waals surface area contributed by atoms with Gasteiger partial charge in [0.2, 0.25) is 5.91 Å². The molecule has 1 amide bonds. The molecule has 1 unspecified atom stereocenters. The number of carbonyl (C=O) groups excluding carboxylic acids is 1. The second-order valence-electron chi connectivity index (χ2n) is 6.02. The molecule has 0 bridgehead atoms. The minimum atomic E-state index is -0.850. The number of carbonyl (C=O) groups is 1.